The van der Waals surface area contributed by atoms with Crippen LogP contribution in [0.15, 0.2) is 4.52 Å². The molecule has 1 saturated carbocycles. The minimum atomic E-state index is -0.124. The van der Waals surface area contributed by atoms with Crippen LogP contribution in [0.25, 0.3) is 0 Å². The van der Waals surface area contributed by atoms with Crippen LogP contribution in [0.2, 0.25) is 0 Å². The van der Waals surface area contributed by atoms with Crippen molar-refractivity contribution >= 4 is 0 Å². The number of hydrogen-bond donors (Lipinski definition) is 1. The number of aliphatic hydroxyl groups excluding tert-OH is 1. The molecule has 5 heteroatoms. The lowest BCUT2D eigenvalue weighted by molar-refractivity contribution is -0.00964. The van der Waals surface area contributed by atoms with Crippen molar-refractivity contribution in [2.24, 2.45) is 5.92 Å². The Bertz CT molecular complexity index is 435. The first-order valence-corrected chi connectivity index (χ1v) is 7.95. The molecule has 1 aliphatic carbocycles. The molecule has 0 aromatic carbocycles. The zero-order valence-corrected chi connectivity index (χ0v) is 12.3. The molecule has 1 saturated heterocycles. The maximum Gasteiger partial charge on any atom is 0.223 e. The van der Waals surface area contributed by atoms with Crippen molar-refractivity contribution in [2.75, 3.05) is 6.54 Å². The van der Waals surface area contributed by atoms with E-state index in [0.717, 1.165) is 31.8 Å². The van der Waals surface area contributed by atoms with Crippen LogP contribution < -0.4 is 0 Å². The smallest absolute Gasteiger partial charge is 0.223 e. The predicted molar refractivity (Wildman–Crippen MR) is 75.0 cm³/mol. The summed E-state index contributed by atoms with van der Waals surface area (Å²) >= 11 is 0. The Kier molecular flexibility index (Phi) is 4.36. The highest BCUT2D eigenvalue weighted by Crippen LogP contribution is 2.34. The van der Waals surface area contributed by atoms with Crippen LogP contribution in [0.1, 0.15) is 56.7 Å². The average Bonchev–Trinajstić information content (AvgIpc) is 2.86. The monoisotopic (exact) mass is 279 g/mol. The quantitative estimate of drug-likeness (QED) is 0.919. The zero-order valence-electron chi connectivity index (χ0n) is 12.3. The van der Waals surface area contributed by atoms with Gasteiger partial charge in [0.05, 0.1) is 12.6 Å². The lowest BCUT2D eigenvalue weighted by Gasteiger charge is -2.43. The van der Waals surface area contributed by atoms with E-state index in [9.17, 15) is 5.11 Å². The number of aliphatic hydroxyl groups is 1. The minimum absolute atomic E-state index is 0.124. The first-order chi connectivity index (χ1) is 9.74. The number of piperidine rings is 1. The van der Waals surface area contributed by atoms with Crippen molar-refractivity contribution in [2.45, 2.75) is 70.6 Å². The molecule has 3 rings (SSSR count). The summed E-state index contributed by atoms with van der Waals surface area (Å²) in [4.78, 5) is 6.79. The van der Waals surface area contributed by atoms with Gasteiger partial charge in [0.15, 0.2) is 5.82 Å². The SMILES string of the molecule is Cc1nc(CN2CCCCC2C2CCCCC2O)no1. The molecule has 2 fully saturated rings. The van der Waals surface area contributed by atoms with E-state index in [1.807, 2.05) is 6.92 Å². The van der Waals surface area contributed by atoms with Gasteiger partial charge in [0.2, 0.25) is 5.89 Å². The first-order valence-electron chi connectivity index (χ1n) is 7.95. The number of aromatic nitrogens is 2. The highest BCUT2D eigenvalue weighted by Gasteiger charge is 2.35. The van der Waals surface area contributed by atoms with E-state index in [1.165, 1.54) is 32.1 Å². The second-order valence-corrected chi connectivity index (χ2v) is 6.28. The molecule has 112 valence electrons. The van der Waals surface area contributed by atoms with E-state index >= 15 is 0 Å². The van der Waals surface area contributed by atoms with E-state index < -0.39 is 0 Å². The number of rotatable bonds is 3. The number of hydrogen-bond acceptors (Lipinski definition) is 5. The van der Waals surface area contributed by atoms with Gasteiger partial charge in [-0.3, -0.25) is 4.90 Å². The number of likely N-dealkylation sites (tertiary alicyclic amines) is 1. The molecule has 3 atom stereocenters. The van der Waals surface area contributed by atoms with Gasteiger partial charge in [0.1, 0.15) is 0 Å². The fraction of sp³-hybridized carbons (Fsp3) is 0.867. The molecule has 20 heavy (non-hydrogen) atoms. The van der Waals surface area contributed by atoms with Crippen molar-refractivity contribution in [1.82, 2.24) is 15.0 Å². The van der Waals surface area contributed by atoms with E-state index in [0.29, 0.717) is 17.9 Å². The van der Waals surface area contributed by atoms with E-state index in [1.54, 1.807) is 0 Å². The van der Waals surface area contributed by atoms with Gasteiger partial charge < -0.3 is 9.63 Å². The summed E-state index contributed by atoms with van der Waals surface area (Å²) in [7, 11) is 0. The normalized spacial score (nSPS) is 32.4. The maximum atomic E-state index is 10.3. The third-order valence-corrected chi connectivity index (χ3v) is 4.85. The highest BCUT2D eigenvalue weighted by molar-refractivity contribution is 4.92. The van der Waals surface area contributed by atoms with E-state index in [4.69, 9.17) is 4.52 Å². The van der Waals surface area contributed by atoms with Crippen LogP contribution in [-0.4, -0.2) is 38.8 Å². The summed E-state index contributed by atoms with van der Waals surface area (Å²) in [5.74, 6) is 1.84. The average molecular weight is 279 g/mol. The summed E-state index contributed by atoms with van der Waals surface area (Å²) in [6.45, 7) is 3.67. The summed E-state index contributed by atoms with van der Waals surface area (Å²) < 4.78 is 5.07. The molecule has 1 N–H and O–H groups in total. The van der Waals surface area contributed by atoms with Crippen LogP contribution in [0, 0.1) is 12.8 Å². The molecule has 1 aliphatic heterocycles. The van der Waals surface area contributed by atoms with Crippen molar-refractivity contribution < 1.29 is 9.63 Å². The third-order valence-electron chi connectivity index (χ3n) is 4.85. The fourth-order valence-corrected chi connectivity index (χ4v) is 3.87. The lowest BCUT2D eigenvalue weighted by Crippen LogP contribution is -2.48. The molecule has 5 nitrogen and oxygen atoms in total. The third kappa shape index (κ3) is 3.04. The molecular weight excluding hydrogens is 254 g/mol. The van der Waals surface area contributed by atoms with Gasteiger partial charge in [-0.05, 0) is 32.2 Å². The Hall–Kier alpha value is -0.940. The molecule has 0 bridgehead atoms. The maximum absolute atomic E-state index is 10.3. The Labute approximate surface area is 120 Å². The van der Waals surface area contributed by atoms with Crippen LogP contribution in [0.4, 0.5) is 0 Å². The van der Waals surface area contributed by atoms with Gasteiger partial charge in [-0.1, -0.05) is 24.4 Å². The molecule has 3 unspecified atom stereocenters. The van der Waals surface area contributed by atoms with Gasteiger partial charge >= 0.3 is 0 Å². The van der Waals surface area contributed by atoms with E-state index in [2.05, 4.69) is 15.0 Å². The van der Waals surface area contributed by atoms with Crippen molar-refractivity contribution in [3.8, 4) is 0 Å². The second-order valence-electron chi connectivity index (χ2n) is 6.28. The van der Waals surface area contributed by atoms with Crippen molar-refractivity contribution in [3.63, 3.8) is 0 Å². The Morgan fingerprint density at radius 1 is 1.20 bits per heavy atom. The molecule has 0 amide bonds. The van der Waals surface area contributed by atoms with Gasteiger partial charge in [-0.2, -0.15) is 4.98 Å². The first kappa shape index (κ1) is 14.0. The van der Waals surface area contributed by atoms with Gasteiger partial charge in [-0.25, -0.2) is 0 Å². The van der Waals surface area contributed by atoms with Crippen LogP contribution in [0.3, 0.4) is 0 Å². The second kappa shape index (κ2) is 6.22. The highest BCUT2D eigenvalue weighted by atomic mass is 16.5. The van der Waals surface area contributed by atoms with Gasteiger partial charge in [0.25, 0.3) is 0 Å². The van der Waals surface area contributed by atoms with Gasteiger partial charge in [0, 0.05) is 18.9 Å². The summed E-state index contributed by atoms with van der Waals surface area (Å²) in [6, 6.07) is 0.484. The molecule has 0 spiro atoms. The van der Waals surface area contributed by atoms with Crippen LogP contribution in [0.5, 0.6) is 0 Å². The molecule has 2 heterocycles. The fourth-order valence-electron chi connectivity index (χ4n) is 3.87. The molecular formula is C15H25N3O2. The van der Waals surface area contributed by atoms with Crippen molar-refractivity contribution in [1.29, 1.82) is 0 Å². The number of aryl methyl sites for hydroxylation is 1. The van der Waals surface area contributed by atoms with E-state index in [-0.39, 0.29) is 6.10 Å². The van der Waals surface area contributed by atoms with Gasteiger partial charge in [-0.15, -0.1) is 0 Å². The molecule has 1 aromatic heterocycles. The predicted octanol–water partition coefficient (Wildman–Crippen LogP) is 2.28. The zero-order chi connectivity index (χ0) is 13.9. The molecule has 0 radical (unpaired) electrons. The molecule has 1 aromatic rings. The molecule has 2 aliphatic rings. The number of nitrogens with zero attached hydrogens (tertiary/aromatic N) is 3. The van der Waals surface area contributed by atoms with Crippen molar-refractivity contribution in [3.05, 3.63) is 11.7 Å². The Morgan fingerprint density at radius 3 is 2.75 bits per heavy atom. The summed E-state index contributed by atoms with van der Waals surface area (Å²) in [5, 5.41) is 14.4. The lowest BCUT2D eigenvalue weighted by atomic mass is 9.78. The Balaban J connectivity index is 1.69. The summed E-state index contributed by atoms with van der Waals surface area (Å²) in [6.07, 6.45) is 8.14. The standard InChI is InChI=1S/C15H25N3O2/c1-11-16-15(17-20-11)10-18-9-5-4-7-13(18)12-6-2-3-8-14(12)19/h12-14,19H,2-10H2,1H3. The largest absolute Gasteiger partial charge is 0.393 e. The Morgan fingerprint density at radius 2 is 2.00 bits per heavy atom. The topological polar surface area (TPSA) is 62.4 Å². The van der Waals surface area contributed by atoms with Crippen LogP contribution >= 0.6 is 0 Å². The van der Waals surface area contributed by atoms with Crippen LogP contribution in [-0.2, 0) is 6.54 Å². The summed E-state index contributed by atoms with van der Waals surface area (Å²) in [5.41, 5.74) is 0. The minimum Gasteiger partial charge on any atom is -0.393 e.